The smallest absolute Gasteiger partial charge is 0.243 e. The van der Waals surface area contributed by atoms with E-state index in [4.69, 9.17) is 9.47 Å². The summed E-state index contributed by atoms with van der Waals surface area (Å²) >= 11 is 0. The van der Waals surface area contributed by atoms with E-state index in [0.717, 1.165) is 18.9 Å². The summed E-state index contributed by atoms with van der Waals surface area (Å²) in [7, 11) is 0. The van der Waals surface area contributed by atoms with E-state index in [-0.39, 0.29) is 12.2 Å². The molecule has 0 bridgehead atoms. The Balaban J connectivity index is 1.43. The van der Waals surface area contributed by atoms with Crippen LogP contribution in [0.3, 0.4) is 0 Å². The van der Waals surface area contributed by atoms with Crippen LogP contribution in [0.2, 0.25) is 0 Å². The molecule has 0 aliphatic carbocycles. The molecule has 0 radical (unpaired) electrons. The maximum absolute atomic E-state index is 13.6. The quantitative estimate of drug-likeness (QED) is 0.691. The molecule has 2 fully saturated rings. The van der Waals surface area contributed by atoms with Gasteiger partial charge in [-0.25, -0.2) is 13.2 Å². The molecule has 29 heavy (non-hydrogen) atoms. The van der Waals surface area contributed by atoms with Gasteiger partial charge in [0.25, 0.3) is 0 Å². The molecule has 2 aliphatic rings. The van der Waals surface area contributed by atoms with Crippen molar-refractivity contribution in [2.24, 2.45) is 5.92 Å². The first-order valence-corrected chi connectivity index (χ1v) is 9.55. The van der Waals surface area contributed by atoms with Crippen LogP contribution in [0.15, 0.2) is 12.1 Å². The van der Waals surface area contributed by atoms with Gasteiger partial charge in [-0.2, -0.15) is 0 Å². The van der Waals surface area contributed by atoms with Gasteiger partial charge in [-0.15, -0.1) is 0 Å². The van der Waals surface area contributed by atoms with Crippen molar-refractivity contribution >= 4 is 17.5 Å². The van der Waals surface area contributed by atoms with Crippen molar-refractivity contribution in [2.45, 2.75) is 32.1 Å². The molecule has 7 nitrogen and oxygen atoms in total. The van der Waals surface area contributed by atoms with Crippen LogP contribution >= 0.6 is 0 Å². The third kappa shape index (κ3) is 5.26. The van der Waals surface area contributed by atoms with Gasteiger partial charge in [-0.1, -0.05) is 0 Å². The molecule has 2 amide bonds. The number of nitrogens with one attached hydrogen (secondary N) is 2. The van der Waals surface area contributed by atoms with Crippen molar-refractivity contribution in [3.05, 3.63) is 29.6 Å². The van der Waals surface area contributed by atoms with Crippen LogP contribution in [-0.2, 0) is 19.1 Å². The van der Waals surface area contributed by atoms with Crippen LogP contribution in [0.1, 0.15) is 19.8 Å². The first-order chi connectivity index (χ1) is 13.9. The highest BCUT2D eigenvalue weighted by Crippen LogP contribution is 2.26. The SMILES string of the molecule is CC(C(=O)NCC(=O)Nc1ccc(F)c(F)c1F)N1CCC(C2OCCO2)CC1. The van der Waals surface area contributed by atoms with E-state index < -0.39 is 41.6 Å². The minimum Gasteiger partial charge on any atom is -0.350 e. The summed E-state index contributed by atoms with van der Waals surface area (Å²) in [5.41, 5.74) is -0.491. The highest BCUT2D eigenvalue weighted by atomic mass is 19.2. The van der Waals surface area contributed by atoms with Crippen LogP contribution in [0, 0.1) is 23.4 Å². The van der Waals surface area contributed by atoms with Gasteiger partial charge in [0.05, 0.1) is 31.5 Å². The minimum absolute atomic E-state index is 0.165. The second kappa shape index (κ2) is 9.55. The van der Waals surface area contributed by atoms with E-state index in [2.05, 4.69) is 10.6 Å². The number of piperidine rings is 1. The second-order valence-corrected chi connectivity index (χ2v) is 7.15. The Morgan fingerprint density at radius 1 is 1.14 bits per heavy atom. The molecule has 160 valence electrons. The Morgan fingerprint density at radius 2 is 1.79 bits per heavy atom. The van der Waals surface area contributed by atoms with Gasteiger partial charge in [-0.05, 0) is 45.0 Å². The lowest BCUT2D eigenvalue weighted by Crippen LogP contribution is -2.50. The Hall–Kier alpha value is -2.17. The number of amides is 2. The first-order valence-electron chi connectivity index (χ1n) is 9.55. The lowest BCUT2D eigenvalue weighted by Gasteiger charge is -2.36. The van der Waals surface area contributed by atoms with Crippen molar-refractivity contribution in [1.29, 1.82) is 0 Å². The number of benzene rings is 1. The zero-order valence-corrected chi connectivity index (χ0v) is 16.1. The molecule has 1 unspecified atom stereocenters. The van der Waals surface area contributed by atoms with E-state index in [1.165, 1.54) is 0 Å². The largest absolute Gasteiger partial charge is 0.350 e. The number of halogens is 3. The number of likely N-dealkylation sites (tertiary alicyclic amines) is 1. The fourth-order valence-corrected chi connectivity index (χ4v) is 3.53. The van der Waals surface area contributed by atoms with E-state index in [1.54, 1.807) is 6.92 Å². The maximum atomic E-state index is 13.6. The Labute approximate surface area is 166 Å². The van der Waals surface area contributed by atoms with Crippen LogP contribution in [0.25, 0.3) is 0 Å². The average molecular weight is 415 g/mol. The Morgan fingerprint density at radius 3 is 2.45 bits per heavy atom. The van der Waals surface area contributed by atoms with E-state index in [1.807, 2.05) is 4.90 Å². The summed E-state index contributed by atoms with van der Waals surface area (Å²) in [6.45, 7) is 3.96. The van der Waals surface area contributed by atoms with E-state index >= 15 is 0 Å². The van der Waals surface area contributed by atoms with Gasteiger partial charge in [0, 0.05) is 5.92 Å². The van der Waals surface area contributed by atoms with Gasteiger partial charge in [0.1, 0.15) is 0 Å². The molecule has 2 heterocycles. The fraction of sp³-hybridized carbons (Fsp3) is 0.579. The molecule has 1 atom stereocenters. The molecule has 2 N–H and O–H groups in total. The van der Waals surface area contributed by atoms with Gasteiger partial charge < -0.3 is 20.1 Å². The van der Waals surface area contributed by atoms with Gasteiger partial charge in [0.15, 0.2) is 23.7 Å². The van der Waals surface area contributed by atoms with Crippen molar-refractivity contribution in [3.8, 4) is 0 Å². The highest BCUT2D eigenvalue weighted by Gasteiger charge is 2.33. The Kier molecular flexibility index (Phi) is 7.09. The van der Waals surface area contributed by atoms with Crippen LogP contribution in [0.4, 0.5) is 18.9 Å². The standard InChI is InChI=1S/C19H24F3N3O4/c1-11(25-6-4-12(5-7-25)19-28-8-9-29-19)18(27)23-10-15(26)24-14-3-2-13(20)16(21)17(14)22/h2-3,11-12,19H,4-10H2,1H3,(H,23,27)(H,24,26). The third-order valence-corrected chi connectivity index (χ3v) is 5.27. The summed E-state index contributed by atoms with van der Waals surface area (Å²) in [6.07, 6.45) is 1.53. The highest BCUT2D eigenvalue weighted by molar-refractivity contribution is 5.95. The minimum atomic E-state index is -1.67. The van der Waals surface area contributed by atoms with Crippen molar-refractivity contribution < 1.29 is 32.2 Å². The lowest BCUT2D eigenvalue weighted by atomic mass is 9.95. The number of rotatable bonds is 6. The molecular formula is C19H24F3N3O4. The molecule has 2 aliphatic heterocycles. The molecule has 0 aromatic heterocycles. The predicted octanol–water partition coefficient (Wildman–Crippen LogP) is 1.63. The van der Waals surface area contributed by atoms with Gasteiger partial charge in [-0.3, -0.25) is 14.5 Å². The monoisotopic (exact) mass is 415 g/mol. The topological polar surface area (TPSA) is 79.9 Å². The molecule has 0 spiro atoms. The Bertz CT molecular complexity index is 750. The summed E-state index contributed by atoms with van der Waals surface area (Å²) < 4.78 is 50.8. The molecule has 10 heteroatoms. The zero-order chi connectivity index (χ0) is 21.0. The van der Waals surface area contributed by atoms with E-state index in [0.29, 0.717) is 38.3 Å². The molecular weight excluding hydrogens is 391 g/mol. The number of hydrogen-bond donors (Lipinski definition) is 2. The van der Waals surface area contributed by atoms with Crippen LogP contribution in [-0.4, -0.2) is 61.9 Å². The third-order valence-electron chi connectivity index (χ3n) is 5.27. The number of nitrogens with zero attached hydrogens (tertiary/aromatic N) is 1. The second-order valence-electron chi connectivity index (χ2n) is 7.15. The van der Waals surface area contributed by atoms with E-state index in [9.17, 15) is 22.8 Å². The molecule has 3 rings (SSSR count). The molecule has 1 aromatic rings. The van der Waals surface area contributed by atoms with Gasteiger partial charge in [0.2, 0.25) is 11.8 Å². The molecule has 2 saturated heterocycles. The average Bonchev–Trinajstić information content (AvgIpc) is 3.27. The summed E-state index contributed by atoms with van der Waals surface area (Å²) in [4.78, 5) is 26.2. The van der Waals surface area contributed by atoms with Gasteiger partial charge >= 0.3 is 0 Å². The van der Waals surface area contributed by atoms with Crippen molar-refractivity contribution in [1.82, 2.24) is 10.2 Å². The van der Waals surface area contributed by atoms with Crippen molar-refractivity contribution in [3.63, 3.8) is 0 Å². The summed E-state index contributed by atoms with van der Waals surface area (Å²) in [5, 5.41) is 4.59. The van der Waals surface area contributed by atoms with Crippen molar-refractivity contribution in [2.75, 3.05) is 38.2 Å². The number of anilines is 1. The van der Waals surface area contributed by atoms with Crippen LogP contribution < -0.4 is 10.6 Å². The zero-order valence-electron chi connectivity index (χ0n) is 16.1. The number of carbonyl (C=O) groups excluding carboxylic acids is 2. The first kappa shape index (κ1) is 21.5. The van der Waals surface area contributed by atoms with Crippen LogP contribution in [0.5, 0.6) is 0 Å². The maximum Gasteiger partial charge on any atom is 0.243 e. The summed E-state index contributed by atoms with van der Waals surface area (Å²) in [6, 6.07) is 1.17. The number of ether oxygens (including phenoxy) is 2. The molecule has 1 aromatic carbocycles. The lowest BCUT2D eigenvalue weighted by molar-refractivity contribution is -0.130. The number of carbonyl (C=O) groups is 2. The normalized spacial score (nSPS) is 19.9. The number of hydrogen-bond acceptors (Lipinski definition) is 5. The molecule has 0 saturated carbocycles. The fourth-order valence-electron chi connectivity index (χ4n) is 3.53. The predicted molar refractivity (Wildman–Crippen MR) is 97.4 cm³/mol. The summed E-state index contributed by atoms with van der Waals surface area (Å²) in [5.74, 6) is -5.30.